The standard InChI is InChI=1S/C16H16N4O3S/c1-2-23-15(22)7-11-3-4-12(9-18-11)19-14(21)8-13-10-24-16-17-5-6-20(13)16/h3-6,9-10H,2,7-8H2,1H3,(H,19,21). The van der Waals surface area contributed by atoms with Gasteiger partial charge in [-0.05, 0) is 19.1 Å². The summed E-state index contributed by atoms with van der Waals surface area (Å²) in [6.07, 6.45) is 5.45. The number of aromatic nitrogens is 3. The lowest BCUT2D eigenvalue weighted by Crippen LogP contribution is -2.15. The highest BCUT2D eigenvalue weighted by Gasteiger charge is 2.10. The van der Waals surface area contributed by atoms with E-state index in [2.05, 4.69) is 15.3 Å². The Labute approximate surface area is 142 Å². The van der Waals surface area contributed by atoms with Crippen LogP contribution in [0.4, 0.5) is 5.69 Å². The van der Waals surface area contributed by atoms with Gasteiger partial charge in [-0.1, -0.05) is 0 Å². The van der Waals surface area contributed by atoms with Gasteiger partial charge in [-0.25, -0.2) is 4.98 Å². The van der Waals surface area contributed by atoms with E-state index in [0.29, 0.717) is 18.0 Å². The monoisotopic (exact) mass is 344 g/mol. The number of amides is 1. The minimum Gasteiger partial charge on any atom is -0.466 e. The van der Waals surface area contributed by atoms with Crippen molar-refractivity contribution in [2.75, 3.05) is 11.9 Å². The minimum absolute atomic E-state index is 0.121. The summed E-state index contributed by atoms with van der Waals surface area (Å²) >= 11 is 1.50. The second kappa shape index (κ2) is 7.22. The third-order valence-electron chi connectivity index (χ3n) is 3.30. The molecule has 7 nitrogen and oxygen atoms in total. The molecule has 0 aromatic carbocycles. The molecule has 0 fully saturated rings. The van der Waals surface area contributed by atoms with Gasteiger partial charge in [0.25, 0.3) is 0 Å². The average Bonchev–Trinajstić information content (AvgIpc) is 3.15. The lowest BCUT2D eigenvalue weighted by atomic mass is 10.2. The van der Waals surface area contributed by atoms with Crippen molar-refractivity contribution in [1.29, 1.82) is 0 Å². The van der Waals surface area contributed by atoms with Crippen molar-refractivity contribution in [3.05, 3.63) is 47.5 Å². The van der Waals surface area contributed by atoms with E-state index in [-0.39, 0.29) is 24.7 Å². The molecule has 0 spiro atoms. The van der Waals surface area contributed by atoms with Crippen molar-refractivity contribution in [3.63, 3.8) is 0 Å². The van der Waals surface area contributed by atoms with E-state index in [1.165, 1.54) is 17.5 Å². The topological polar surface area (TPSA) is 85.6 Å². The second-order valence-corrected chi connectivity index (χ2v) is 5.89. The number of thiazole rings is 1. The minimum atomic E-state index is -0.316. The number of rotatable bonds is 6. The van der Waals surface area contributed by atoms with Crippen LogP contribution in [0.5, 0.6) is 0 Å². The Balaban J connectivity index is 1.58. The van der Waals surface area contributed by atoms with Crippen molar-refractivity contribution >= 4 is 33.9 Å². The Bertz CT molecular complexity index is 854. The molecule has 24 heavy (non-hydrogen) atoms. The van der Waals surface area contributed by atoms with E-state index < -0.39 is 0 Å². The van der Waals surface area contributed by atoms with E-state index in [4.69, 9.17) is 4.74 Å². The summed E-state index contributed by atoms with van der Waals surface area (Å²) in [6, 6.07) is 3.42. The highest BCUT2D eigenvalue weighted by Crippen LogP contribution is 2.15. The Morgan fingerprint density at radius 3 is 2.92 bits per heavy atom. The predicted molar refractivity (Wildman–Crippen MR) is 90.0 cm³/mol. The molecule has 0 saturated carbocycles. The molecule has 3 rings (SSSR count). The molecular formula is C16H16N4O3S. The fourth-order valence-electron chi connectivity index (χ4n) is 2.23. The Hall–Kier alpha value is -2.74. The van der Waals surface area contributed by atoms with Crippen molar-refractivity contribution in [1.82, 2.24) is 14.4 Å². The summed E-state index contributed by atoms with van der Waals surface area (Å²) in [6.45, 7) is 2.11. The number of hydrogen-bond donors (Lipinski definition) is 1. The summed E-state index contributed by atoms with van der Waals surface area (Å²) < 4.78 is 6.77. The molecule has 0 bridgehead atoms. The number of carbonyl (C=O) groups excluding carboxylic acids is 2. The molecular weight excluding hydrogens is 328 g/mol. The van der Waals surface area contributed by atoms with Crippen molar-refractivity contribution < 1.29 is 14.3 Å². The maximum atomic E-state index is 12.2. The number of pyridine rings is 1. The molecule has 0 aliphatic rings. The van der Waals surface area contributed by atoms with Gasteiger partial charge < -0.3 is 10.1 Å². The van der Waals surface area contributed by atoms with E-state index in [9.17, 15) is 9.59 Å². The highest BCUT2D eigenvalue weighted by atomic mass is 32.1. The first-order valence-corrected chi connectivity index (χ1v) is 8.33. The van der Waals surface area contributed by atoms with Gasteiger partial charge in [0.1, 0.15) is 0 Å². The van der Waals surface area contributed by atoms with Gasteiger partial charge in [0.15, 0.2) is 4.96 Å². The third kappa shape index (κ3) is 3.77. The van der Waals surface area contributed by atoms with Crippen molar-refractivity contribution in [2.24, 2.45) is 0 Å². The van der Waals surface area contributed by atoms with Crippen LogP contribution in [0, 0.1) is 0 Å². The first-order chi connectivity index (χ1) is 11.7. The van der Waals surface area contributed by atoms with Gasteiger partial charge >= 0.3 is 5.97 Å². The zero-order chi connectivity index (χ0) is 16.9. The molecule has 0 aliphatic carbocycles. The number of imidazole rings is 1. The summed E-state index contributed by atoms with van der Waals surface area (Å²) in [5, 5.41) is 4.72. The summed E-state index contributed by atoms with van der Waals surface area (Å²) in [7, 11) is 0. The predicted octanol–water partition coefficient (Wildman–Crippen LogP) is 2.08. The van der Waals surface area contributed by atoms with Gasteiger partial charge in [-0.2, -0.15) is 0 Å². The van der Waals surface area contributed by atoms with Crippen LogP contribution in [-0.2, 0) is 27.2 Å². The molecule has 0 radical (unpaired) electrons. The van der Waals surface area contributed by atoms with Crippen LogP contribution >= 0.6 is 11.3 Å². The molecule has 1 N–H and O–H groups in total. The van der Waals surface area contributed by atoms with Gasteiger partial charge in [-0.15, -0.1) is 11.3 Å². The number of ether oxygens (including phenoxy) is 1. The molecule has 0 aliphatic heterocycles. The fourth-order valence-corrected chi connectivity index (χ4v) is 3.08. The van der Waals surface area contributed by atoms with Gasteiger partial charge in [0.2, 0.25) is 5.91 Å². The first kappa shape index (κ1) is 16.1. The third-order valence-corrected chi connectivity index (χ3v) is 4.20. The van der Waals surface area contributed by atoms with Gasteiger partial charge in [0, 0.05) is 23.5 Å². The molecule has 3 heterocycles. The molecule has 3 aromatic rings. The van der Waals surface area contributed by atoms with Crippen LogP contribution in [0.15, 0.2) is 36.1 Å². The normalized spacial score (nSPS) is 10.7. The largest absolute Gasteiger partial charge is 0.466 e. The summed E-state index contributed by atoms with van der Waals surface area (Å²) in [5.74, 6) is -0.452. The second-order valence-electron chi connectivity index (χ2n) is 5.05. The van der Waals surface area contributed by atoms with E-state index >= 15 is 0 Å². The zero-order valence-corrected chi connectivity index (χ0v) is 13.9. The summed E-state index contributed by atoms with van der Waals surface area (Å²) in [5.41, 5.74) is 2.08. The maximum Gasteiger partial charge on any atom is 0.311 e. The molecule has 8 heteroatoms. The zero-order valence-electron chi connectivity index (χ0n) is 13.1. The number of esters is 1. The first-order valence-electron chi connectivity index (χ1n) is 7.45. The Morgan fingerprint density at radius 2 is 2.17 bits per heavy atom. The number of nitrogens with one attached hydrogen (secondary N) is 1. The Kier molecular flexibility index (Phi) is 4.85. The quantitative estimate of drug-likeness (QED) is 0.692. The lowest BCUT2D eigenvalue weighted by Gasteiger charge is -2.06. The number of anilines is 1. The summed E-state index contributed by atoms with van der Waals surface area (Å²) in [4.78, 5) is 32.8. The van der Waals surface area contributed by atoms with Gasteiger partial charge in [0.05, 0.1) is 37.0 Å². The average molecular weight is 344 g/mol. The number of fused-ring (bicyclic) bond motifs is 1. The van der Waals surface area contributed by atoms with E-state index in [1.54, 1.807) is 25.3 Å². The molecule has 3 aromatic heterocycles. The van der Waals surface area contributed by atoms with Crippen LogP contribution in [0.1, 0.15) is 18.3 Å². The van der Waals surface area contributed by atoms with E-state index in [0.717, 1.165) is 10.7 Å². The van der Waals surface area contributed by atoms with Crippen LogP contribution in [0.2, 0.25) is 0 Å². The Morgan fingerprint density at radius 1 is 1.29 bits per heavy atom. The molecule has 0 atom stereocenters. The number of hydrogen-bond acceptors (Lipinski definition) is 6. The maximum absolute atomic E-state index is 12.2. The van der Waals surface area contributed by atoms with E-state index in [1.807, 2.05) is 16.0 Å². The van der Waals surface area contributed by atoms with Crippen LogP contribution in [0.25, 0.3) is 4.96 Å². The molecule has 0 unspecified atom stereocenters. The molecule has 124 valence electrons. The van der Waals surface area contributed by atoms with Gasteiger partial charge in [-0.3, -0.25) is 19.0 Å². The van der Waals surface area contributed by atoms with Crippen molar-refractivity contribution in [2.45, 2.75) is 19.8 Å². The van der Waals surface area contributed by atoms with Crippen LogP contribution < -0.4 is 5.32 Å². The molecule has 0 saturated heterocycles. The van der Waals surface area contributed by atoms with Crippen molar-refractivity contribution in [3.8, 4) is 0 Å². The fraction of sp³-hybridized carbons (Fsp3) is 0.250. The lowest BCUT2D eigenvalue weighted by molar-refractivity contribution is -0.142. The highest BCUT2D eigenvalue weighted by molar-refractivity contribution is 7.15. The number of nitrogens with zero attached hydrogens (tertiary/aromatic N) is 3. The number of carbonyl (C=O) groups is 2. The smallest absolute Gasteiger partial charge is 0.311 e. The SMILES string of the molecule is CCOC(=O)Cc1ccc(NC(=O)Cc2csc3nccn23)cn1. The van der Waals surface area contributed by atoms with Crippen LogP contribution in [0.3, 0.4) is 0 Å². The van der Waals surface area contributed by atoms with Crippen LogP contribution in [-0.4, -0.2) is 32.9 Å². The molecule has 1 amide bonds.